The van der Waals surface area contributed by atoms with Gasteiger partial charge in [0.2, 0.25) is 0 Å². The molecular weight excluding hydrogens is 356 g/mol. The van der Waals surface area contributed by atoms with Gasteiger partial charge in [-0.05, 0) is 31.0 Å². The first-order valence-electron chi connectivity index (χ1n) is 8.95. The van der Waals surface area contributed by atoms with Gasteiger partial charge in [0.25, 0.3) is 0 Å². The number of methoxy groups -OCH3 is 1. The van der Waals surface area contributed by atoms with Crippen LogP contribution in [0.5, 0.6) is 0 Å². The summed E-state index contributed by atoms with van der Waals surface area (Å²) in [7, 11) is 1.34. The van der Waals surface area contributed by atoms with E-state index in [1.165, 1.54) is 7.11 Å². The van der Waals surface area contributed by atoms with Crippen LogP contribution >= 0.6 is 11.6 Å². The third kappa shape index (κ3) is 8.54. The van der Waals surface area contributed by atoms with E-state index in [0.29, 0.717) is 30.3 Å². The number of nitrogens with zero attached hydrogens (tertiary/aromatic N) is 1. The molecule has 1 atom stereocenters. The lowest BCUT2D eigenvalue weighted by Crippen LogP contribution is -2.40. The molecule has 6 nitrogen and oxygen atoms in total. The first-order chi connectivity index (χ1) is 12.5. The molecule has 146 valence electrons. The van der Waals surface area contributed by atoms with Crippen LogP contribution in [0.1, 0.15) is 33.1 Å². The number of carbonyl (C=O) groups is 2. The van der Waals surface area contributed by atoms with Gasteiger partial charge in [0, 0.05) is 37.0 Å². The number of urea groups is 1. The smallest absolute Gasteiger partial charge is 0.321 e. The summed E-state index contributed by atoms with van der Waals surface area (Å²) in [6.07, 6.45) is 2.81. The fraction of sp³-hybridized carbons (Fsp3) is 0.579. The summed E-state index contributed by atoms with van der Waals surface area (Å²) in [5.41, 5.74) is 0.609. The first-order valence-corrected chi connectivity index (χ1v) is 9.32. The van der Waals surface area contributed by atoms with Gasteiger partial charge in [-0.1, -0.05) is 37.9 Å². The molecule has 0 aliphatic heterocycles. The van der Waals surface area contributed by atoms with Gasteiger partial charge in [-0.2, -0.15) is 0 Å². The van der Waals surface area contributed by atoms with Crippen LogP contribution in [0.4, 0.5) is 10.5 Å². The molecular formula is C19H29ClN2O4. The summed E-state index contributed by atoms with van der Waals surface area (Å²) < 4.78 is 10.3. The molecule has 1 unspecified atom stereocenters. The van der Waals surface area contributed by atoms with Crippen LogP contribution in [0.2, 0.25) is 5.02 Å². The van der Waals surface area contributed by atoms with Crippen molar-refractivity contribution in [3.63, 3.8) is 0 Å². The van der Waals surface area contributed by atoms with E-state index >= 15 is 0 Å². The number of rotatable bonds is 11. The Bertz CT molecular complexity index is 568. The van der Waals surface area contributed by atoms with Crippen LogP contribution in [0.25, 0.3) is 0 Å². The summed E-state index contributed by atoms with van der Waals surface area (Å²) in [5.74, 6) is -0.754. The van der Waals surface area contributed by atoms with Crippen LogP contribution < -0.4 is 5.32 Å². The van der Waals surface area contributed by atoms with E-state index in [2.05, 4.69) is 12.2 Å². The van der Waals surface area contributed by atoms with Crippen molar-refractivity contribution in [1.29, 1.82) is 0 Å². The highest BCUT2D eigenvalue weighted by Gasteiger charge is 2.21. The number of anilines is 1. The molecule has 0 aromatic heterocycles. The van der Waals surface area contributed by atoms with Crippen LogP contribution in [0, 0.1) is 5.92 Å². The average molecular weight is 385 g/mol. The molecule has 26 heavy (non-hydrogen) atoms. The zero-order valence-corrected chi connectivity index (χ0v) is 16.6. The predicted molar refractivity (Wildman–Crippen MR) is 104 cm³/mol. The molecule has 1 aromatic carbocycles. The molecule has 0 heterocycles. The summed E-state index contributed by atoms with van der Waals surface area (Å²) in [5, 5.41) is 3.36. The van der Waals surface area contributed by atoms with Crippen molar-refractivity contribution in [3.8, 4) is 0 Å². The molecule has 2 amide bonds. The normalized spacial score (nSPS) is 11.7. The van der Waals surface area contributed by atoms with E-state index < -0.39 is 5.92 Å². The molecule has 7 heteroatoms. The van der Waals surface area contributed by atoms with E-state index in [1.807, 2.05) is 0 Å². The summed E-state index contributed by atoms with van der Waals surface area (Å²) in [6.45, 7) is 5.91. The fourth-order valence-corrected chi connectivity index (χ4v) is 2.55. The number of halogens is 1. The third-order valence-corrected chi connectivity index (χ3v) is 4.05. The number of hydrogen-bond donors (Lipinski definition) is 1. The summed E-state index contributed by atoms with van der Waals surface area (Å²) in [4.78, 5) is 25.9. The maximum absolute atomic E-state index is 12.6. The summed E-state index contributed by atoms with van der Waals surface area (Å²) >= 11 is 5.95. The van der Waals surface area contributed by atoms with E-state index in [1.54, 1.807) is 36.1 Å². The van der Waals surface area contributed by atoms with Crippen molar-refractivity contribution in [2.45, 2.75) is 33.1 Å². The summed E-state index contributed by atoms with van der Waals surface area (Å²) in [6, 6.07) is 6.66. The molecule has 1 aromatic rings. The second kappa shape index (κ2) is 12.5. The van der Waals surface area contributed by atoms with Crippen molar-refractivity contribution < 1.29 is 19.1 Å². The average Bonchev–Trinajstić information content (AvgIpc) is 2.62. The van der Waals surface area contributed by atoms with Crippen molar-refractivity contribution in [3.05, 3.63) is 29.3 Å². The number of benzene rings is 1. The Labute approximate surface area is 160 Å². The Kier molecular flexibility index (Phi) is 10.7. The molecule has 0 radical (unpaired) electrons. The van der Waals surface area contributed by atoms with Crippen molar-refractivity contribution in [1.82, 2.24) is 4.90 Å². The molecule has 0 bridgehead atoms. The van der Waals surface area contributed by atoms with Gasteiger partial charge >= 0.3 is 12.0 Å². The first kappa shape index (κ1) is 22.3. The Morgan fingerprint density at radius 3 is 2.65 bits per heavy atom. The number of carbonyl (C=O) groups excluding carboxylic acids is 2. The number of esters is 1. The Morgan fingerprint density at radius 1 is 1.27 bits per heavy atom. The van der Waals surface area contributed by atoms with Gasteiger partial charge in [-0.3, -0.25) is 4.79 Å². The highest BCUT2D eigenvalue weighted by Crippen LogP contribution is 2.16. The molecule has 1 rings (SSSR count). The van der Waals surface area contributed by atoms with Gasteiger partial charge in [0.15, 0.2) is 0 Å². The van der Waals surface area contributed by atoms with Crippen LogP contribution in [-0.2, 0) is 14.3 Å². The van der Waals surface area contributed by atoms with Gasteiger partial charge in [0.1, 0.15) is 0 Å². The van der Waals surface area contributed by atoms with Crippen molar-refractivity contribution >= 4 is 29.3 Å². The van der Waals surface area contributed by atoms with E-state index in [4.69, 9.17) is 21.1 Å². The van der Waals surface area contributed by atoms with Gasteiger partial charge in [-0.15, -0.1) is 0 Å². The minimum atomic E-state index is -0.411. The molecule has 0 saturated heterocycles. The molecule has 0 fully saturated rings. The van der Waals surface area contributed by atoms with Crippen LogP contribution in [0.3, 0.4) is 0 Å². The van der Waals surface area contributed by atoms with Gasteiger partial charge in [-0.25, -0.2) is 4.79 Å². The lowest BCUT2D eigenvalue weighted by Gasteiger charge is -2.25. The third-order valence-electron chi connectivity index (χ3n) is 3.82. The zero-order chi connectivity index (χ0) is 19.4. The highest BCUT2D eigenvalue weighted by molar-refractivity contribution is 6.30. The Morgan fingerprint density at radius 2 is 2.00 bits per heavy atom. The standard InChI is InChI=1S/C19H29ClN2O4/c1-4-5-11-26-12-7-10-22(14-15(2)18(23)25-3)19(24)21-17-9-6-8-16(20)13-17/h6,8-9,13,15H,4-5,7,10-12,14H2,1-3H3,(H,21,24). The van der Waals surface area contributed by atoms with Crippen molar-refractivity contribution in [2.24, 2.45) is 5.92 Å². The molecule has 0 aliphatic rings. The number of amides is 2. The second-order valence-electron chi connectivity index (χ2n) is 6.13. The Hall–Kier alpha value is -1.79. The Balaban J connectivity index is 2.62. The predicted octanol–water partition coefficient (Wildman–Crippen LogP) is 4.19. The van der Waals surface area contributed by atoms with E-state index in [-0.39, 0.29) is 18.5 Å². The quantitative estimate of drug-likeness (QED) is 0.459. The van der Waals surface area contributed by atoms with E-state index in [9.17, 15) is 9.59 Å². The topological polar surface area (TPSA) is 67.9 Å². The molecule has 1 N–H and O–H groups in total. The van der Waals surface area contributed by atoms with Crippen LogP contribution in [0.15, 0.2) is 24.3 Å². The second-order valence-corrected chi connectivity index (χ2v) is 6.57. The maximum Gasteiger partial charge on any atom is 0.321 e. The SMILES string of the molecule is CCCCOCCCN(CC(C)C(=O)OC)C(=O)Nc1cccc(Cl)c1. The van der Waals surface area contributed by atoms with Crippen molar-refractivity contribution in [2.75, 3.05) is 38.7 Å². The minimum Gasteiger partial charge on any atom is -0.469 e. The molecule has 0 aliphatic carbocycles. The maximum atomic E-state index is 12.6. The zero-order valence-electron chi connectivity index (χ0n) is 15.8. The minimum absolute atomic E-state index is 0.272. The number of ether oxygens (including phenoxy) is 2. The monoisotopic (exact) mass is 384 g/mol. The fourth-order valence-electron chi connectivity index (χ4n) is 2.36. The van der Waals surface area contributed by atoms with Gasteiger partial charge < -0.3 is 19.7 Å². The lowest BCUT2D eigenvalue weighted by atomic mass is 10.1. The number of nitrogens with one attached hydrogen (secondary N) is 1. The largest absolute Gasteiger partial charge is 0.469 e. The van der Waals surface area contributed by atoms with E-state index in [0.717, 1.165) is 19.4 Å². The lowest BCUT2D eigenvalue weighted by molar-refractivity contribution is -0.145. The highest BCUT2D eigenvalue weighted by atomic mass is 35.5. The number of hydrogen-bond acceptors (Lipinski definition) is 4. The number of unbranched alkanes of at least 4 members (excludes halogenated alkanes) is 1. The molecule has 0 spiro atoms. The van der Waals surface area contributed by atoms with Gasteiger partial charge in [0.05, 0.1) is 13.0 Å². The van der Waals surface area contributed by atoms with Crippen LogP contribution in [-0.4, -0.2) is 50.3 Å². The molecule has 0 saturated carbocycles.